The van der Waals surface area contributed by atoms with Crippen LogP contribution in [0.15, 0.2) is 12.2 Å². The number of nitrogens with one attached hydrogen (secondary N) is 1. The van der Waals surface area contributed by atoms with Crippen LogP contribution in [0.5, 0.6) is 0 Å². The van der Waals surface area contributed by atoms with Crippen LogP contribution in [0.1, 0.15) is 13.3 Å². The zero-order valence-electron chi connectivity index (χ0n) is 9.25. The first-order valence-electron chi connectivity index (χ1n) is 5.37. The lowest BCUT2D eigenvalue weighted by Crippen LogP contribution is -2.47. The maximum atomic E-state index is 11.6. The van der Waals surface area contributed by atoms with Gasteiger partial charge >= 0.3 is 11.9 Å². The fourth-order valence-electron chi connectivity index (χ4n) is 2.34. The van der Waals surface area contributed by atoms with Crippen LogP contribution in [0.3, 0.4) is 0 Å². The molecule has 92 valence electrons. The van der Waals surface area contributed by atoms with E-state index in [9.17, 15) is 14.4 Å². The molecule has 1 fully saturated rings. The molecule has 1 saturated heterocycles. The Morgan fingerprint density at radius 1 is 1.53 bits per heavy atom. The second-order valence-electron chi connectivity index (χ2n) is 4.26. The van der Waals surface area contributed by atoms with Crippen LogP contribution in [-0.4, -0.2) is 41.0 Å². The highest BCUT2D eigenvalue weighted by Gasteiger charge is 2.46. The zero-order chi connectivity index (χ0) is 12.6. The fraction of sp³-hybridized carbons (Fsp3) is 0.545. The van der Waals surface area contributed by atoms with Gasteiger partial charge in [-0.1, -0.05) is 0 Å². The van der Waals surface area contributed by atoms with Crippen molar-refractivity contribution in [3.05, 3.63) is 12.2 Å². The Hall–Kier alpha value is -1.69. The van der Waals surface area contributed by atoms with Gasteiger partial charge in [-0.2, -0.15) is 0 Å². The maximum Gasteiger partial charge on any atom is 0.320 e. The highest BCUT2D eigenvalue weighted by molar-refractivity contribution is 5.94. The molecule has 6 heteroatoms. The molecule has 0 unspecified atom stereocenters. The van der Waals surface area contributed by atoms with E-state index in [2.05, 4.69) is 5.32 Å². The second-order valence-corrected chi connectivity index (χ2v) is 4.26. The Morgan fingerprint density at radius 2 is 2.24 bits per heavy atom. The summed E-state index contributed by atoms with van der Waals surface area (Å²) in [5, 5.41) is 11.7. The maximum absolute atomic E-state index is 11.6. The first-order chi connectivity index (χ1) is 7.99. The van der Waals surface area contributed by atoms with E-state index >= 15 is 0 Å². The average molecular weight is 239 g/mol. The van der Waals surface area contributed by atoms with Crippen molar-refractivity contribution in [3.63, 3.8) is 0 Å². The molecule has 0 radical (unpaired) electrons. The third-order valence-electron chi connectivity index (χ3n) is 3.09. The number of fused-ring (bicyclic) bond motifs is 1. The Balaban J connectivity index is 2.17. The van der Waals surface area contributed by atoms with E-state index in [4.69, 9.17) is 9.84 Å². The van der Waals surface area contributed by atoms with Crippen LogP contribution in [-0.2, 0) is 19.1 Å². The summed E-state index contributed by atoms with van der Waals surface area (Å²) in [7, 11) is 0. The van der Waals surface area contributed by atoms with E-state index in [-0.39, 0.29) is 12.2 Å². The molecule has 2 aliphatic rings. The van der Waals surface area contributed by atoms with Gasteiger partial charge in [0.05, 0.1) is 6.04 Å². The van der Waals surface area contributed by atoms with Gasteiger partial charge < -0.3 is 9.84 Å². The molecule has 0 saturated carbocycles. The predicted molar refractivity (Wildman–Crippen MR) is 56.2 cm³/mol. The predicted octanol–water partition coefficient (Wildman–Crippen LogP) is -0.512. The molecule has 0 aromatic heterocycles. The third kappa shape index (κ3) is 2.21. The normalized spacial score (nSPS) is 35.5. The molecule has 0 aromatic rings. The van der Waals surface area contributed by atoms with Gasteiger partial charge in [-0.05, 0) is 18.6 Å². The molecule has 17 heavy (non-hydrogen) atoms. The number of allylic oxidation sites excluding steroid dienone is 1. The summed E-state index contributed by atoms with van der Waals surface area (Å²) in [5.41, 5.74) is 0. The van der Waals surface area contributed by atoms with Crippen LogP contribution >= 0.6 is 0 Å². The number of carbonyl (C=O) groups is 3. The zero-order valence-corrected chi connectivity index (χ0v) is 9.25. The van der Waals surface area contributed by atoms with E-state index in [1.54, 1.807) is 0 Å². The Kier molecular flexibility index (Phi) is 2.97. The average Bonchev–Trinajstić information content (AvgIpc) is 2.67. The molecule has 1 heterocycles. The fourth-order valence-corrected chi connectivity index (χ4v) is 2.34. The van der Waals surface area contributed by atoms with Crippen molar-refractivity contribution >= 4 is 17.7 Å². The highest BCUT2D eigenvalue weighted by Crippen LogP contribution is 2.29. The number of ketones is 1. The van der Waals surface area contributed by atoms with E-state index in [0.29, 0.717) is 0 Å². The summed E-state index contributed by atoms with van der Waals surface area (Å²) in [4.78, 5) is 33.4. The standard InChI is InChI=1S/C11H13NO5/c1-5(13)17-9-3-2-8(14)6-4-7(11(15)16)12-10(6)9/h2-3,6-7,9-10,12H,4H2,1H3,(H,15,16)/t6-,7-,9-,10-/m0/s1. The van der Waals surface area contributed by atoms with Crippen LogP contribution in [0, 0.1) is 5.92 Å². The molecule has 0 aromatic carbocycles. The van der Waals surface area contributed by atoms with Crippen molar-refractivity contribution in [2.24, 2.45) is 5.92 Å². The summed E-state index contributed by atoms with van der Waals surface area (Å²) in [6.45, 7) is 1.28. The molecule has 0 bridgehead atoms. The largest absolute Gasteiger partial charge is 0.480 e. The summed E-state index contributed by atoms with van der Waals surface area (Å²) >= 11 is 0. The SMILES string of the molecule is CC(=O)O[C@H]1C=CC(=O)[C@@H]2C[C@@H](C(=O)O)N[C@H]12. The quantitative estimate of drug-likeness (QED) is 0.630. The lowest BCUT2D eigenvalue weighted by molar-refractivity contribution is -0.146. The number of carbonyl (C=O) groups excluding carboxylic acids is 2. The van der Waals surface area contributed by atoms with Crippen LogP contribution < -0.4 is 5.32 Å². The lowest BCUT2D eigenvalue weighted by atomic mass is 9.86. The minimum atomic E-state index is -0.992. The molecule has 2 rings (SSSR count). The summed E-state index contributed by atoms with van der Waals surface area (Å²) < 4.78 is 5.05. The van der Waals surface area contributed by atoms with Gasteiger partial charge in [0.25, 0.3) is 0 Å². The van der Waals surface area contributed by atoms with E-state index in [1.165, 1.54) is 19.1 Å². The molecule has 0 spiro atoms. The number of esters is 1. The van der Waals surface area contributed by atoms with Crippen LogP contribution in [0.2, 0.25) is 0 Å². The van der Waals surface area contributed by atoms with Crippen molar-refractivity contribution in [1.82, 2.24) is 5.32 Å². The van der Waals surface area contributed by atoms with Crippen molar-refractivity contribution in [2.75, 3.05) is 0 Å². The molecule has 1 aliphatic carbocycles. The van der Waals surface area contributed by atoms with Gasteiger partial charge in [-0.3, -0.25) is 19.7 Å². The van der Waals surface area contributed by atoms with Crippen molar-refractivity contribution in [1.29, 1.82) is 0 Å². The topological polar surface area (TPSA) is 92.7 Å². The molecule has 4 atom stereocenters. The van der Waals surface area contributed by atoms with E-state index in [0.717, 1.165) is 0 Å². The van der Waals surface area contributed by atoms with Gasteiger partial charge in [-0.25, -0.2) is 0 Å². The Morgan fingerprint density at radius 3 is 2.82 bits per heavy atom. The van der Waals surface area contributed by atoms with Gasteiger partial charge in [-0.15, -0.1) is 0 Å². The van der Waals surface area contributed by atoms with Crippen LogP contribution in [0.4, 0.5) is 0 Å². The molecular weight excluding hydrogens is 226 g/mol. The second kappa shape index (κ2) is 4.29. The van der Waals surface area contributed by atoms with Crippen molar-refractivity contribution < 1.29 is 24.2 Å². The highest BCUT2D eigenvalue weighted by atomic mass is 16.5. The van der Waals surface area contributed by atoms with Gasteiger partial charge in [0.15, 0.2) is 5.78 Å². The minimum Gasteiger partial charge on any atom is -0.480 e. The lowest BCUT2D eigenvalue weighted by Gasteiger charge is -2.27. The smallest absolute Gasteiger partial charge is 0.320 e. The molecular formula is C11H13NO5. The van der Waals surface area contributed by atoms with Gasteiger partial charge in [0, 0.05) is 12.8 Å². The molecule has 6 nitrogen and oxygen atoms in total. The van der Waals surface area contributed by atoms with E-state index in [1.807, 2.05) is 0 Å². The monoisotopic (exact) mass is 239 g/mol. The van der Waals surface area contributed by atoms with Gasteiger partial charge in [0.2, 0.25) is 0 Å². The molecule has 0 amide bonds. The van der Waals surface area contributed by atoms with Crippen molar-refractivity contribution in [2.45, 2.75) is 31.5 Å². The number of rotatable bonds is 2. The molecule has 1 aliphatic heterocycles. The summed E-state index contributed by atoms with van der Waals surface area (Å²) in [6, 6.07) is -1.19. The Labute approximate surface area is 97.6 Å². The number of aliphatic carboxylic acids is 1. The minimum absolute atomic E-state index is 0.116. The number of carboxylic acid groups (broad SMARTS) is 1. The Bertz CT molecular complexity index is 403. The summed E-state index contributed by atoms with van der Waals surface area (Å²) in [5.74, 6) is -1.98. The van der Waals surface area contributed by atoms with E-state index < -0.39 is 36.0 Å². The van der Waals surface area contributed by atoms with Gasteiger partial charge in [0.1, 0.15) is 12.1 Å². The number of ether oxygens (including phenoxy) is 1. The number of hydrogen-bond acceptors (Lipinski definition) is 5. The van der Waals surface area contributed by atoms with Crippen LogP contribution in [0.25, 0.3) is 0 Å². The molecule has 2 N–H and O–H groups in total. The third-order valence-corrected chi connectivity index (χ3v) is 3.09. The first kappa shape index (κ1) is 11.8. The number of hydrogen-bond donors (Lipinski definition) is 2. The summed E-state index contributed by atoms with van der Waals surface area (Å²) in [6.07, 6.45) is 2.53. The first-order valence-corrected chi connectivity index (χ1v) is 5.37. The number of carboxylic acids is 1. The van der Waals surface area contributed by atoms with Crippen molar-refractivity contribution in [3.8, 4) is 0 Å².